The lowest BCUT2D eigenvalue weighted by atomic mass is 10.1. The van der Waals surface area contributed by atoms with Crippen molar-refractivity contribution < 1.29 is 9.90 Å². The molecular weight excluding hydrogens is 340 g/mol. The van der Waals surface area contributed by atoms with E-state index in [9.17, 15) is 9.90 Å². The Labute approximate surface area is 147 Å². The number of benzene rings is 2. The molecule has 2 aromatic carbocycles. The quantitative estimate of drug-likeness (QED) is 0.573. The molecule has 0 saturated carbocycles. The lowest BCUT2D eigenvalue weighted by molar-refractivity contribution is 0.103. The van der Waals surface area contributed by atoms with E-state index in [0.717, 1.165) is 5.56 Å². The van der Waals surface area contributed by atoms with Crippen LogP contribution in [0.4, 0.5) is 0 Å². The predicted molar refractivity (Wildman–Crippen MR) is 92.8 cm³/mol. The van der Waals surface area contributed by atoms with Crippen molar-refractivity contribution in [3.8, 4) is 17.1 Å². The normalized spacial score (nSPS) is 10.9. The van der Waals surface area contributed by atoms with Gasteiger partial charge in [0.15, 0.2) is 11.6 Å². The number of phenols is 1. The fraction of sp³-hybridized carbons (Fsp3) is 0. The summed E-state index contributed by atoms with van der Waals surface area (Å²) in [7, 11) is 0. The summed E-state index contributed by atoms with van der Waals surface area (Å²) in [6.45, 7) is 0. The van der Waals surface area contributed by atoms with E-state index in [4.69, 9.17) is 11.6 Å². The van der Waals surface area contributed by atoms with E-state index in [1.54, 1.807) is 0 Å². The van der Waals surface area contributed by atoms with Gasteiger partial charge in [0.2, 0.25) is 0 Å². The summed E-state index contributed by atoms with van der Waals surface area (Å²) in [5.74, 6) is 0.359. The van der Waals surface area contributed by atoms with Gasteiger partial charge >= 0.3 is 0 Å². The highest BCUT2D eigenvalue weighted by Crippen LogP contribution is 2.24. The van der Waals surface area contributed by atoms with Crippen LogP contribution in [0.25, 0.3) is 17.2 Å². The Morgan fingerprint density at radius 3 is 2.72 bits per heavy atom. The van der Waals surface area contributed by atoms with Gasteiger partial charge in [-0.25, -0.2) is 9.50 Å². The summed E-state index contributed by atoms with van der Waals surface area (Å²) in [5.41, 5.74) is 1.24. The number of rotatable bonds is 3. The maximum Gasteiger partial charge on any atom is 0.252 e. The second kappa shape index (κ2) is 5.99. The first-order valence-corrected chi connectivity index (χ1v) is 7.81. The molecule has 0 radical (unpaired) electrons. The average molecular weight is 351 g/mol. The van der Waals surface area contributed by atoms with Crippen LogP contribution in [0.15, 0.2) is 60.9 Å². The Morgan fingerprint density at radius 2 is 1.92 bits per heavy atom. The summed E-state index contributed by atoms with van der Waals surface area (Å²) in [6.07, 6.45) is 2.94. The lowest BCUT2D eigenvalue weighted by Crippen LogP contribution is -2.05. The van der Waals surface area contributed by atoms with Crippen LogP contribution >= 0.6 is 11.6 Å². The van der Waals surface area contributed by atoms with Gasteiger partial charge in [-0.3, -0.25) is 4.79 Å². The zero-order valence-corrected chi connectivity index (χ0v) is 13.6. The molecule has 0 bridgehead atoms. The molecule has 4 rings (SSSR count). The maximum absolute atomic E-state index is 12.6. The van der Waals surface area contributed by atoms with E-state index in [1.165, 1.54) is 35.1 Å². The number of aromatic nitrogens is 4. The van der Waals surface area contributed by atoms with Gasteiger partial charge in [0.05, 0.1) is 11.1 Å². The van der Waals surface area contributed by atoms with E-state index in [-0.39, 0.29) is 16.9 Å². The smallest absolute Gasteiger partial charge is 0.252 e. The van der Waals surface area contributed by atoms with Crippen LogP contribution in [0.3, 0.4) is 0 Å². The van der Waals surface area contributed by atoms with Crippen molar-refractivity contribution in [1.29, 1.82) is 0 Å². The van der Waals surface area contributed by atoms with E-state index in [1.807, 2.05) is 30.3 Å². The van der Waals surface area contributed by atoms with Crippen LogP contribution in [0, 0.1) is 0 Å². The molecular formula is C18H11ClN4O2. The Hall–Kier alpha value is -3.25. The Kier molecular flexibility index (Phi) is 3.66. The standard InChI is InChI=1S/C18H11ClN4O2/c19-13-6-7-15(24)14(8-13)16(25)12-9-20-18-21-17(22-23(18)10-12)11-4-2-1-3-5-11/h1-10,24H. The van der Waals surface area contributed by atoms with E-state index >= 15 is 0 Å². The molecule has 1 N–H and O–H groups in total. The molecule has 0 aliphatic heterocycles. The fourth-order valence-corrected chi connectivity index (χ4v) is 2.63. The van der Waals surface area contributed by atoms with Crippen molar-refractivity contribution >= 4 is 23.2 Å². The number of aromatic hydroxyl groups is 1. The number of carbonyl (C=O) groups is 1. The number of nitrogens with zero attached hydrogens (tertiary/aromatic N) is 4. The average Bonchev–Trinajstić information content (AvgIpc) is 3.07. The van der Waals surface area contributed by atoms with Gasteiger partial charge in [-0.1, -0.05) is 41.9 Å². The highest BCUT2D eigenvalue weighted by molar-refractivity contribution is 6.31. The maximum atomic E-state index is 12.6. The molecule has 0 saturated heterocycles. The number of ketones is 1. The van der Waals surface area contributed by atoms with Crippen molar-refractivity contribution in [2.45, 2.75) is 0 Å². The highest BCUT2D eigenvalue weighted by atomic mass is 35.5. The zero-order valence-electron chi connectivity index (χ0n) is 12.8. The summed E-state index contributed by atoms with van der Waals surface area (Å²) in [4.78, 5) is 21.1. The highest BCUT2D eigenvalue weighted by Gasteiger charge is 2.16. The number of hydrogen-bond donors (Lipinski definition) is 1. The van der Waals surface area contributed by atoms with E-state index < -0.39 is 5.78 Å². The van der Waals surface area contributed by atoms with Crippen molar-refractivity contribution in [3.05, 3.63) is 77.1 Å². The number of carbonyl (C=O) groups excluding carboxylic acids is 1. The minimum Gasteiger partial charge on any atom is -0.507 e. The Morgan fingerprint density at radius 1 is 1.12 bits per heavy atom. The fourth-order valence-electron chi connectivity index (χ4n) is 2.45. The van der Waals surface area contributed by atoms with E-state index in [2.05, 4.69) is 15.1 Å². The van der Waals surface area contributed by atoms with Crippen LogP contribution < -0.4 is 0 Å². The van der Waals surface area contributed by atoms with Gasteiger partial charge < -0.3 is 5.11 Å². The number of fused-ring (bicyclic) bond motifs is 1. The number of halogens is 1. The second-order valence-corrected chi connectivity index (χ2v) is 5.82. The second-order valence-electron chi connectivity index (χ2n) is 5.38. The lowest BCUT2D eigenvalue weighted by Gasteiger charge is -2.04. The molecule has 2 aromatic heterocycles. The van der Waals surface area contributed by atoms with Crippen LogP contribution in [-0.2, 0) is 0 Å². The molecule has 2 heterocycles. The third-order valence-electron chi connectivity index (χ3n) is 3.69. The molecule has 4 aromatic rings. The van der Waals surface area contributed by atoms with Crippen molar-refractivity contribution in [2.75, 3.05) is 0 Å². The van der Waals surface area contributed by atoms with Crippen molar-refractivity contribution in [3.63, 3.8) is 0 Å². The van der Waals surface area contributed by atoms with Crippen LogP contribution in [-0.4, -0.2) is 30.5 Å². The largest absolute Gasteiger partial charge is 0.507 e. The number of phenolic OH excluding ortho intramolecular Hbond substituents is 1. The Balaban J connectivity index is 1.76. The zero-order chi connectivity index (χ0) is 17.4. The van der Waals surface area contributed by atoms with Gasteiger partial charge in [0.25, 0.3) is 5.78 Å². The molecule has 122 valence electrons. The van der Waals surface area contributed by atoms with Gasteiger partial charge in [-0.15, -0.1) is 5.10 Å². The molecule has 0 amide bonds. The first-order chi connectivity index (χ1) is 12.1. The summed E-state index contributed by atoms with van der Waals surface area (Å²) in [6, 6.07) is 13.8. The first-order valence-electron chi connectivity index (χ1n) is 7.43. The first kappa shape index (κ1) is 15.3. The molecule has 0 fully saturated rings. The van der Waals surface area contributed by atoms with Crippen LogP contribution in [0.2, 0.25) is 5.02 Å². The van der Waals surface area contributed by atoms with Gasteiger partial charge in [-0.2, -0.15) is 4.98 Å². The van der Waals surface area contributed by atoms with Crippen LogP contribution in [0.5, 0.6) is 5.75 Å². The summed E-state index contributed by atoms with van der Waals surface area (Å²) >= 11 is 5.91. The monoisotopic (exact) mass is 350 g/mol. The Bertz CT molecular complexity index is 1090. The molecule has 25 heavy (non-hydrogen) atoms. The summed E-state index contributed by atoms with van der Waals surface area (Å²) in [5, 5.41) is 14.6. The third kappa shape index (κ3) is 2.83. The molecule has 0 aliphatic rings. The van der Waals surface area contributed by atoms with E-state index in [0.29, 0.717) is 16.6 Å². The molecule has 0 unspecified atom stereocenters. The predicted octanol–water partition coefficient (Wildman–Crippen LogP) is 3.38. The van der Waals surface area contributed by atoms with Crippen molar-refractivity contribution in [2.24, 2.45) is 0 Å². The third-order valence-corrected chi connectivity index (χ3v) is 3.93. The van der Waals surface area contributed by atoms with Crippen LogP contribution in [0.1, 0.15) is 15.9 Å². The molecule has 7 heteroatoms. The molecule has 0 aliphatic carbocycles. The molecule has 0 atom stereocenters. The van der Waals surface area contributed by atoms with Crippen molar-refractivity contribution in [1.82, 2.24) is 19.6 Å². The summed E-state index contributed by atoms with van der Waals surface area (Å²) < 4.78 is 1.44. The molecule has 6 nitrogen and oxygen atoms in total. The van der Waals surface area contributed by atoms with Gasteiger partial charge in [0.1, 0.15) is 5.75 Å². The van der Waals surface area contributed by atoms with Gasteiger partial charge in [-0.05, 0) is 18.2 Å². The minimum atomic E-state index is -0.397. The topological polar surface area (TPSA) is 80.4 Å². The SMILES string of the molecule is O=C(c1cnc2nc(-c3ccccc3)nn2c1)c1cc(Cl)ccc1O. The minimum absolute atomic E-state index is 0.108. The number of hydrogen-bond acceptors (Lipinski definition) is 5. The molecule has 0 spiro atoms. The van der Waals surface area contributed by atoms with Gasteiger partial charge in [0, 0.05) is 23.0 Å².